The van der Waals surface area contributed by atoms with Crippen molar-refractivity contribution >= 4 is 5.91 Å². The number of carbonyl (C=O) groups excluding carboxylic acids is 1. The first-order chi connectivity index (χ1) is 12.0. The average molecular weight is 340 g/mol. The molecule has 0 bridgehead atoms. The van der Waals surface area contributed by atoms with Gasteiger partial charge in [-0.3, -0.25) is 9.59 Å². The third-order valence-electron chi connectivity index (χ3n) is 4.46. The van der Waals surface area contributed by atoms with Crippen LogP contribution < -0.4 is 10.9 Å². The van der Waals surface area contributed by atoms with Gasteiger partial charge in [-0.25, -0.2) is 0 Å². The first-order valence-corrected chi connectivity index (χ1v) is 8.76. The Kier molecular flexibility index (Phi) is 5.34. The summed E-state index contributed by atoms with van der Waals surface area (Å²) in [4.78, 5) is 27.4. The zero-order valence-electron chi connectivity index (χ0n) is 14.7. The Balaban J connectivity index is 1.70. The van der Waals surface area contributed by atoms with Crippen molar-refractivity contribution in [2.24, 2.45) is 0 Å². The molecule has 2 N–H and O–H groups in total. The number of nitrogens with one attached hydrogen (secondary N) is 2. The van der Waals surface area contributed by atoms with Crippen LogP contribution in [0.5, 0.6) is 0 Å². The van der Waals surface area contributed by atoms with E-state index in [1.807, 2.05) is 38.1 Å². The molecule has 0 radical (unpaired) electrons. The van der Waals surface area contributed by atoms with E-state index in [2.05, 4.69) is 10.3 Å². The maximum atomic E-state index is 12.5. The Morgan fingerprint density at radius 2 is 2.00 bits per heavy atom. The van der Waals surface area contributed by atoms with Gasteiger partial charge >= 0.3 is 0 Å². The highest BCUT2D eigenvalue weighted by Crippen LogP contribution is 2.19. The van der Waals surface area contributed by atoms with Gasteiger partial charge in [-0.05, 0) is 55.9 Å². The Labute approximate surface area is 147 Å². The zero-order chi connectivity index (χ0) is 17.8. The van der Waals surface area contributed by atoms with Crippen LogP contribution in [0.2, 0.25) is 0 Å². The van der Waals surface area contributed by atoms with Crippen molar-refractivity contribution in [3.8, 4) is 0 Å². The molecule has 3 rings (SSSR count). The number of H-pyrrole nitrogens is 1. The molecule has 1 heterocycles. The van der Waals surface area contributed by atoms with Gasteiger partial charge in [0.15, 0.2) is 0 Å². The van der Waals surface area contributed by atoms with E-state index in [9.17, 15) is 9.59 Å². The highest BCUT2D eigenvalue weighted by molar-refractivity contribution is 5.94. The van der Waals surface area contributed by atoms with Crippen molar-refractivity contribution in [3.63, 3.8) is 0 Å². The maximum Gasteiger partial charge on any atom is 0.261 e. The molecular weight excluding hydrogens is 316 g/mol. The van der Waals surface area contributed by atoms with E-state index in [0.717, 1.165) is 41.6 Å². The van der Waals surface area contributed by atoms with E-state index >= 15 is 0 Å². The predicted molar refractivity (Wildman–Crippen MR) is 96.6 cm³/mol. The molecule has 1 aliphatic rings. The topological polar surface area (TPSA) is 71.2 Å². The fourth-order valence-electron chi connectivity index (χ4n) is 3.08. The summed E-state index contributed by atoms with van der Waals surface area (Å²) in [6.07, 6.45) is 2.98. The quantitative estimate of drug-likeness (QED) is 0.849. The van der Waals surface area contributed by atoms with Gasteiger partial charge < -0.3 is 15.0 Å². The number of aromatic nitrogens is 1. The Bertz CT molecular complexity index is 824. The monoisotopic (exact) mass is 340 g/mol. The molecular formula is C20H24N2O3. The minimum Gasteiger partial charge on any atom is -0.374 e. The van der Waals surface area contributed by atoms with Crippen LogP contribution in [0.15, 0.2) is 35.1 Å². The van der Waals surface area contributed by atoms with E-state index in [1.165, 1.54) is 0 Å². The van der Waals surface area contributed by atoms with Crippen LogP contribution in [0.3, 0.4) is 0 Å². The van der Waals surface area contributed by atoms with Crippen LogP contribution in [0, 0.1) is 0 Å². The lowest BCUT2D eigenvalue weighted by atomic mass is 10.1. The molecule has 1 aliphatic carbocycles. The molecule has 0 spiro atoms. The molecule has 0 atom stereocenters. The van der Waals surface area contributed by atoms with Gasteiger partial charge in [-0.15, -0.1) is 0 Å². The summed E-state index contributed by atoms with van der Waals surface area (Å²) in [6, 6.07) is 9.58. The van der Waals surface area contributed by atoms with E-state index < -0.39 is 0 Å². The summed E-state index contributed by atoms with van der Waals surface area (Å²) in [7, 11) is 0. The third kappa shape index (κ3) is 4.17. The van der Waals surface area contributed by atoms with E-state index in [4.69, 9.17) is 4.74 Å². The second kappa shape index (κ2) is 7.66. The minimum atomic E-state index is -0.337. The highest BCUT2D eigenvalue weighted by Gasteiger charge is 2.18. The number of ether oxygens (including phenoxy) is 1. The van der Waals surface area contributed by atoms with Crippen LogP contribution in [0.4, 0.5) is 0 Å². The van der Waals surface area contributed by atoms with Crippen molar-refractivity contribution in [2.75, 3.05) is 0 Å². The van der Waals surface area contributed by atoms with Gasteiger partial charge in [-0.2, -0.15) is 0 Å². The lowest BCUT2D eigenvalue weighted by molar-refractivity contribution is 0.0651. The maximum absolute atomic E-state index is 12.5. The van der Waals surface area contributed by atoms with Gasteiger partial charge in [0.1, 0.15) is 5.56 Å². The van der Waals surface area contributed by atoms with Crippen LogP contribution >= 0.6 is 0 Å². The highest BCUT2D eigenvalue weighted by atomic mass is 16.5. The minimum absolute atomic E-state index is 0.146. The molecule has 1 amide bonds. The average Bonchev–Trinajstić information content (AvgIpc) is 3.04. The molecule has 0 fully saturated rings. The van der Waals surface area contributed by atoms with Crippen molar-refractivity contribution in [3.05, 3.63) is 68.6 Å². The summed E-state index contributed by atoms with van der Waals surface area (Å²) in [5.41, 5.74) is 3.97. The molecule has 1 aromatic carbocycles. The van der Waals surface area contributed by atoms with E-state index in [1.54, 1.807) is 6.07 Å². The summed E-state index contributed by atoms with van der Waals surface area (Å²) in [5.74, 6) is -0.337. The molecule has 0 saturated carbocycles. The zero-order valence-corrected chi connectivity index (χ0v) is 14.7. The van der Waals surface area contributed by atoms with Gasteiger partial charge in [0.05, 0.1) is 12.7 Å². The molecule has 132 valence electrons. The SMILES string of the molecule is CC(C)OCc1ccccc1CNC(=O)c1cc2c([nH]c1=O)CCC2. The number of rotatable bonds is 6. The summed E-state index contributed by atoms with van der Waals surface area (Å²) >= 11 is 0. The molecule has 2 aromatic rings. The number of hydrogen-bond donors (Lipinski definition) is 2. The first kappa shape index (κ1) is 17.4. The van der Waals surface area contributed by atoms with E-state index in [0.29, 0.717) is 13.2 Å². The van der Waals surface area contributed by atoms with Gasteiger partial charge in [0.2, 0.25) is 0 Å². The number of carbonyl (C=O) groups is 1. The predicted octanol–water partition coefficient (Wildman–Crippen LogP) is 2.72. The molecule has 1 aromatic heterocycles. The van der Waals surface area contributed by atoms with E-state index in [-0.39, 0.29) is 23.1 Å². The molecule has 25 heavy (non-hydrogen) atoms. The van der Waals surface area contributed by atoms with Crippen LogP contribution in [0.1, 0.15) is 53.0 Å². The van der Waals surface area contributed by atoms with Gasteiger partial charge in [-0.1, -0.05) is 24.3 Å². The number of fused-ring (bicyclic) bond motifs is 1. The number of amides is 1. The molecule has 0 saturated heterocycles. The smallest absolute Gasteiger partial charge is 0.261 e. The molecule has 0 aliphatic heterocycles. The third-order valence-corrected chi connectivity index (χ3v) is 4.46. The van der Waals surface area contributed by atoms with Crippen LogP contribution in [-0.2, 0) is 30.7 Å². The molecule has 5 heteroatoms. The molecule has 0 unspecified atom stereocenters. The van der Waals surface area contributed by atoms with Crippen LogP contribution in [-0.4, -0.2) is 17.0 Å². The number of aryl methyl sites for hydroxylation is 2. The lowest BCUT2D eigenvalue weighted by Crippen LogP contribution is -2.30. The Morgan fingerprint density at radius 3 is 2.76 bits per heavy atom. The summed E-state index contributed by atoms with van der Waals surface area (Å²) in [6.45, 7) is 4.85. The fourth-order valence-corrected chi connectivity index (χ4v) is 3.08. The number of aromatic amines is 1. The Hall–Kier alpha value is -2.40. The number of benzene rings is 1. The lowest BCUT2D eigenvalue weighted by Gasteiger charge is -2.13. The van der Waals surface area contributed by atoms with Crippen molar-refractivity contribution in [1.82, 2.24) is 10.3 Å². The van der Waals surface area contributed by atoms with Crippen LogP contribution in [0.25, 0.3) is 0 Å². The van der Waals surface area contributed by atoms with Crippen molar-refractivity contribution in [2.45, 2.75) is 52.4 Å². The Morgan fingerprint density at radius 1 is 1.24 bits per heavy atom. The number of pyridine rings is 1. The largest absolute Gasteiger partial charge is 0.374 e. The second-order valence-corrected chi connectivity index (χ2v) is 6.68. The van der Waals surface area contributed by atoms with Gasteiger partial charge in [0.25, 0.3) is 11.5 Å². The summed E-state index contributed by atoms with van der Waals surface area (Å²) < 4.78 is 5.66. The normalized spacial score (nSPS) is 13.1. The summed E-state index contributed by atoms with van der Waals surface area (Å²) in [5, 5.41) is 2.86. The van der Waals surface area contributed by atoms with Crippen molar-refractivity contribution < 1.29 is 9.53 Å². The first-order valence-electron chi connectivity index (χ1n) is 8.76. The standard InChI is InChI=1S/C20H24N2O3/c1-13(2)25-12-16-7-4-3-6-15(16)11-21-19(23)17-10-14-8-5-9-18(14)22-20(17)24/h3-4,6-7,10,13H,5,8-9,11-12H2,1-2H3,(H,21,23)(H,22,24). The number of hydrogen-bond acceptors (Lipinski definition) is 3. The fraction of sp³-hybridized carbons (Fsp3) is 0.400. The van der Waals surface area contributed by atoms with Crippen molar-refractivity contribution in [1.29, 1.82) is 0 Å². The molecule has 5 nitrogen and oxygen atoms in total. The van der Waals surface area contributed by atoms with Gasteiger partial charge in [0, 0.05) is 12.2 Å². The second-order valence-electron chi connectivity index (χ2n) is 6.68.